The number of hydrogen-bond donors (Lipinski definition) is 4. The van der Waals surface area contributed by atoms with Crippen molar-refractivity contribution >= 4 is 21.7 Å². The molecule has 2 aromatic rings. The molecule has 11 heteroatoms. The van der Waals surface area contributed by atoms with Crippen molar-refractivity contribution < 1.29 is 13.6 Å². The Morgan fingerprint density at radius 3 is 2.89 bits per heavy atom. The highest BCUT2D eigenvalue weighted by Crippen LogP contribution is 2.17. The number of nitrogens with zero attached hydrogens (tertiary/aromatic N) is 4. The van der Waals surface area contributed by atoms with E-state index in [0.717, 1.165) is 6.20 Å². The quantitative estimate of drug-likeness (QED) is 0.246. The number of sulfonamides is 1. The first-order valence-electron chi connectivity index (χ1n) is 4.97. The normalized spacial score (nSPS) is 12.6. The number of anilines is 1. The number of hydrogen-bond acceptors (Lipinski definition) is 6. The molecule has 10 nitrogen and oxygen atoms in total. The molecule has 0 aliphatic carbocycles. The number of nitrogens with one attached hydrogen (secondary N) is 2. The van der Waals surface area contributed by atoms with Crippen molar-refractivity contribution in [2.75, 3.05) is 4.72 Å². The van der Waals surface area contributed by atoms with Gasteiger partial charge in [-0.25, -0.2) is 4.98 Å². The van der Waals surface area contributed by atoms with Crippen molar-refractivity contribution in [2.45, 2.75) is 5.03 Å². The number of aryl methyl sites for hydroxylation is 1. The van der Waals surface area contributed by atoms with Gasteiger partial charge in [0.05, 0.1) is 24.3 Å². The van der Waals surface area contributed by atoms with Gasteiger partial charge in [0.25, 0.3) is 10.0 Å². The minimum absolute atomic E-state index is 0.0740. The Morgan fingerprint density at radius 1 is 1.58 bits per heavy atom. The summed E-state index contributed by atoms with van der Waals surface area (Å²) in [4.78, 5) is 6.10. The first kappa shape index (κ1) is 12.9. The molecule has 2 heterocycles. The summed E-state index contributed by atoms with van der Waals surface area (Å²) in [7, 11) is -2.33. The van der Waals surface area contributed by atoms with Crippen molar-refractivity contribution in [3.63, 3.8) is 0 Å². The highest BCUT2D eigenvalue weighted by molar-refractivity contribution is 7.92. The third-order valence-corrected chi connectivity index (χ3v) is 3.58. The van der Waals surface area contributed by atoms with E-state index in [0.29, 0.717) is 0 Å². The van der Waals surface area contributed by atoms with E-state index in [1.54, 1.807) is 0 Å². The number of oxime groups is 1. The van der Waals surface area contributed by atoms with Crippen molar-refractivity contribution in [2.24, 2.45) is 17.9 Å². The second kappa shape index (κ2) is 4.61. The minimum atomic E-state index is -3.85. The van der Waals surface area contributed by atoms with Crippen LogP contribution >= 0.6 is 0 Å². The molecule has 5 N–H and O–H groups in total. The largest absolute Gasteiger partial charge is 0.409 e. The number of rotatable bonds is 4. The fourth-order valence-corrected chi connectivity index (χ4v) is 2.39. The van der Waals surface area contributed by atoms with Crippen LogP contribution in [-0.4, -0.2) is 39.2 Å². The summed E-state index contributed by atoms with van der Waals surface area (Å²) in [5.74, 6) is -0.180. The molecule has 2 rings (SSSR count). The third kappa shape index (κ3) is 2.35. The summed E-state index contributed by atoms with van der Waals surface area (Å²) < 4.78 is 27.6. The molecule has 0 aromatic carbocycles. The number of nitrogens with two attached hydrogens (primary N) is 1. The zero-order chi connectivity index (χ0) is 14.0. The predicted molar refractivity (Wildman–Crippen MR) is 65.1 cm³/mol. The minimum Gasteiger partial charge on any atom is -0.409 e. The maximum absolute atomic E-state index is 12.0. The predicted octanol–water partition coefficient (Wildman–Crippen LogP) is -0.961. The van der Waals surface area contributed by atoms with Gasteiger partial charge in [-0.15, -0.1) is 0 Å². The number of aromatic nitrogens is 4. The highest BCUT2D eigenvalue weighted by Gasteiger charge is 2.21. The smallest absolute Gasteiger partial charge is 0.280 e. The fourth-order valence-electron chi connectivity index (χ4n) is 1.37. The molecule has 0 radical (unpaired) electrons. The van der Waals surface area contributed by atoms with Crippen LogP contribution < -0.4 is 10.5 Å². The van der Waals surface area contributed by atoms with Gasteiger partial charge >= 0.3 is 0 Å². The molecular weight excluding hydrogens is 274 g/mol. The molecule has 0 saturated carbocycles. The Balaban J connectivity index is 2.42. The molecule has 0 saturated heterocycles. The summed E-state index contributed by atoms with van der Waals surface area (Å²) in [6.07, 6.45) is 3.67. The van der Waals surface area contributed by atoms with Gasteiger partial charge in [-0.1, -0.05) is 5.16 Å². The van der Waals surface area contributed by atoms with E-state index < -0.39 is 10.0 Å². The summed E-state index contributed by atoms with van der Waals surface area (Å²) >= 11 is 0. The second-order valence-corrected chi connectivity index (χ2v) is 5.19. The molecule has 0 aliphatic rings. The molecule has 2 aromatic heterocycles. The van der Waals surface area contributed by atoms with Crippen LogP contribution in [0.25, 0.3) is 0 Å². The van der Waals surface area contributed by atoms with Crippen LogP contribution in [0.1, 0.15) is 5.56 Å². The third-order valence-electron chi connectivity index (χ3n) is 2.32. The molecule has 0 amide bonds. The van der Waals surface area contributed by atoms with Crippen LogP contribution in [0.2, 0.25) is 0 Å². The van der Waals surface area contributed by atoms with Crippen LogP contribution in [-0.2, 0) is 17.1 Å². The standard InChI is InChI=1S/C8H11N7O3S/c1-15-8(5(2-12-15)7(9)13-16)14-19(17,18)6-3-10-4-11-6/h2-4,14,16H,1H3,(H2,9,13)(H,10,11). The average molecular weight is 285 g/mol. The van der Waals surface area contributed by atoms with Gasteiger partial charge in [0, 0.05) is 7.05 Å². The van der Waals surface area contributed by atoms with Crippen LogP contribution in [0.3, 0.4) is 0 Å². The Morgan fingerprint density at radius 2 is 2.32 bits per heavy atom. The van der Waals surface area contributed by atoms with Gasteiger partial charge in [-0.3, -0.25) is 9.40 Å². The average Bonchev–Trinajstić information content (AvgIpc) is 3.00. The van der Waals surface area contributed by atoms with Crippen LogP contribution in [0.4, 0.5) is 5.82 Å². The Hall–Kier alpha value is -2.56. The van der Waals surface area contributed by atoms with Crippen molar-refractivity contribution in [1.82, 2.24) is 19.7 Å². The lowest BCUT2D eigenvalue weighted by atomic mass is 10.3. The number of amidine groups is 1. The first-order chi connectivity index (χ1) is 8.95. The fraction of sp³-hybridized carbons (Fsp3) is 0.125. The monoisotopic (exact) mass is 285 g/mol. The zero-order valence-electron chi connectivity index (χ0n) is 9.77. The first-order valence-corrected chi connectivity index (χ1v) is 6.45. The number of imidazole rings is 1. The molecule has 0 bridgehead atoms. The zero-order valence-corrected chi connectivity index (χ0v) is 10.6. The summed E-state index contributed by atoms with van der Waals surface area (Å²) in [5.41, 5.74) is 5.60. The van der Waals surface area contributed by atoms with E-state index in [2.05, 4.69) is 24.9 Å². The molecule has 19 heavy (non-hydrogen) atoms. The summed E-state index contributed by atoms with van der Waals surface area (Å²) in [5, 5.41) is 15.2. The summed E-state index contributed by atoms with van der Waals surface area (Å²) in [6, 6.07) is 0. The van der Waals surface area contributed by atoms with Gasteiger partial charge in [0.15, 0.2) is 10.9 Å². The van der Waals surface area contributed by atoms with Gasteiger partial charge in [0.2, 0.25) is 0 Å². The van der Waals surface area contributed by atoms with Crippen LogP contribution in [0.15, 0.2) is 28.9 Å². The van der Waals surface area contributed by atoms with Crippen LogP contribution in [0.5, 0.6) is 0 Å². The van der Waals surface area contributed by atoms with Gasteiger partial charge < -0.3 is 15.9 Å². The van der Waals surface area contributed by atoms with Gasteiger partial charge in [0.1, 0.15) is 5.82 Å². The van der Waals surface area contributed by atoms with E-state index in [-0.39, 0.29) is 22.2 Å². The van der Waals surface area contributed by atoms with Crippen molar-refractivity contribution in [3.05, 3.63) is 24.3 Å². The number of aromatic amines is 1. The van der Waals surface area contributed by atoms with Crippen molar-refractivity contribution in [1.29, 1.82) is 0 Å². The van der Waals surface area contributed by atoms with Gasteiger partial charge in [-0.05, 0) is 0 Å². The Kier molecular flexibility index (Phi) is 3.12. The molecule has 0 spiro atoms. The lowest BCUT2D eigenvalue weighted by molar-refractivity contribution is 0.318. The maximum atomic E-state index is 12.0. The van der Waals surface area contributed by atoms with E-state index in [9.17, 15) is 8.42 Å². The SMILES string of the molecule is Cn1ncc(C(N)=NO)c1NS(=O)(=O)c1cnc[nH]1. The highest BCUT2D eigenvalue weighted by atomic mass is 32.2. The lowest BCUT2D eigenvalue weighted by Crippen LogP contribution is -2.20. The Labute approximate surface area is 108 Å². The number of H-pyrrole nitrogens is 1. The molecule has 0 aliphatic heterocycles. The summed E-state index contributed by atoms with van der Waals surface area (Å²) in [6.45, 7) is 0. The molecule has 0 fully saturated rings. The van der Waals surface area contributed by atoms with E-state index in [4.69, 9.17) is 10.9 Å². The topological polar surface area (TPSA) is 151 Å². The van der Waals surface area contributed by atoms with E-state index in [1.165, 1.54) is 24.3 Å². The van der Waals surface area contributed by atoms with E-state index >= 15 is 0 Å². The Bertz CT molecular complexity index is 701. The van der Waals surface area contributed by atoms with Gasteiger partial charge in [-0.2, -0.15) is 13.5 Å². The molecule has 102 valence electrons. The van der Waals surface area contributed by atoms with E-state index in [1.807, 2.05) is 0 Å². The maximum Gasteiger partial charge on any atom is 0.280 e. The molecule has 0 atom stereocenters. The van der Waals surface area contributed by atoms with Crippen LogP contribution in [0, 0.1) is 0 Å². The molecule has 0 unspecified atom stereocenters. The lowest BCUT2D eigenvalue weighted by Gasteiger charge is -2.08. The second-order valence-electron chi connectivity index (χ2n) is 3.54. The molecular formula is C8H11N7O3S. The van der Waals surface area contributed by atoms with Crippen molar-refractivity contribution in [3.8, 4) is 0 Å².